The van der Waals surface area contributed by atoms with Crippen LogP contribution in [0.5, 0.6) is 0 Å². The Kier molecular flexibility index (Phi) is 3.84. The Morgan fingerprint density at radius 3 is 2.59 bits per heavy atom. The van der Waals surface area contributed by atoms with Gasteiger partial charge < -0.3 is 9.73 Å². The molecule has 1 N–H and O–H groups in total. The standard InChI is InChI=1S/C18H15NO.C2H4/c1-12-9-10-19-16(11-12)15-7-4-6-14-13-5-2-3-8-17(13)20-18(14)15;1-2/h2-11,16,19H,1H3;1-2H2. The average molecular weight is 289 g/mol. The second-order valence-electron chi connectivity index (χ2n) is 5.21. The molecule has 22 heavy (non-hydrogen) atoms. The molecule has 110 valence electrons. The molecule has 1 aliphatic rings. The van der Waals surface area contributed by atoms with Crippen molar-refractivity contribution in [2.45, 2.75) is 13.0 Å². The lowest BCUT2D eigenvalue weighted by atomic mass is 10.00. The fraction of sp³-hybridized carbons (Fsp3) is 0.100. The summed E-state index contributed by atoms with van der Waals surface area (Å²) >= 11 is 0. The Bertz CT molecular complexity index is 870. The number of hydrogen-bond donors (Lipinski definition) is 1. The largest absolute Gasteiger partial charge is 0.456 e. The highest BCUT2D eigenvalue weighted by Crippen LogP contribution is 2.34. The minimum Gasteiger partial charge on any atom is -0.456 e. The van der Waals surface area contributed by atoms with E-state index in [1.54, 1.807) is 0 Å². The third-order valence-electron chi connectivity index (χ3n) is 3.82. The van der Waals surface area contributed by atoms with E-state index in [9.17, 15) is 0 Å². The molecule has 0 fully saturated rings. The van der Waals surface area contributed by atoms with Gasteiger partial charge in [-0.1, -0.05) is 48.0 Å². The van der Waals surface area contributed by atoms with Gasteiger partial charge in [0.15, 0.2) is 0 Å². The van der Waals surface area contributed by atoms with Gasteiger partial charge >= 0.3 is 0 Å². The topological polar surface area (TPSA) is 25.2 Å². The lowest BCUT2D eigenvalue weighted by Crippen LogP contribution is -2.16. The molecule has 0 radical (unpaired) electrons. The highest BCUT2D eigenvalue weighted by molar-refractivity contribution is 6.05. The van der Waals surface area contributed by atoms with E-state index in [2.05, 4.69) is 67.9 Å². The first kappa shape index (κ1) is 14.2. The SMILES string of the molecule is C=C.CC1=CC(c2cccc3c2oc2ccccc23)NC=C1. The van der Waals surface area contributed by atoms with Gasteiger partial charge in [-0.05, 0) is 25.3 Å². The van der Waals surface area contributed by atoms with Crippen molar-refractivity contribution in [3.05, 3.63) is 85.1 Å². The van der Waals surface area contributed by atoms with Crippen LogP contribution in [-0.2, 0) is 0 Å². The predicted octanol–water partition coefficient (Wildman–Crippen LogP) is 5.49. The van der Waals surface area contributed by atoms with Gasteiger partial charge in [-0.25, -0.2) is 0 Å². The van der Waals surface area contributed by atoms with E-state index in [0.717, 1.165) is 11.2 Å². The van der Waals surface area contributed by atoms with E-state index in [-0.39, 0.29) is 6.04 Å². The molecule has 0 amide bonds. The quantitative estimate of drug-likeness (QED) is 0.599. The van der Waals surface area contributed by atoms with E-state index >= 15 is 0 Å². The maximum absolute atomic E-state index is 6.08. The smallest absolute Gasteiger partial charge is 0.141 e. The Morgan fingerprint density at radius 2 is 1.77 bits per heavy atom. The molecule has 0 bridgehead atoms. The van der Waals surface area contributed by atoms with Crippen LogP contribution in [0.4, 0.5) is 0 Å². The minimum atomic E-state index is 0.171. The summed E-state index contributed by atoms with van der Waals surface area (Å²) in [7, 11) is 0. The van der Waals surface area contributed by atoms with Crippen molar-refractivity contribution in [2.75, 3.05) is 0 Å². The number of allylic oxidation sites excluding steroid dienone is 2. The first-order valence-electron chi connectivity index (χ1n) is 7.34. The summed E-state index contributed by atoms with van der Waals surface area (Å²) in [5.74, 6) is 0. The van der Waals surface area contributed by atoms with Gasteiger partial charge in [0.25, 0.3) is 0 Å². The van der Waals surface area contributed by atoms with Crippen LogP contribution < -0.4 is 5.32 Å². The van der Waals surface area contributed by atoms with E-state index in [0.29, 0.717) is 0 Å². The second kappa shape index (κ2) is 5.94. The normalized spacial score (nSPS) is 16.8. The maximum Gasteiger partial charge on any atom is 0.141 e. The van der Waals surface area contributed by atoms with Gasteiger partial charge in [-0.15, -0.1) is 13.2 Å². The van der Waals surface area contributed by atoms with Gasteiger partial charge in [0.1, 0.15) is 11.2 Å². The Hall–Kier alpha value is -2.74. The summed E-state index contributed by atoms with van der Waals surface area (Å²) in [6, 6.07) is 14.7. The average Bonchev–Trinajstić information content (AvgIpc) is 2.95. The van der Waals surface area contributed by atoms with Crippen LogP contribution in [0.2, 0.25) is 0 Å². The molecule has 1 unspecified atom stereocenters. The van der Waals surface area contributed by atoms with Crippen molar-refractivity contribution in [3.63, 3.8) is 0 Å². The molecule has 0 spiro atoms. The molecular weight excluding hydrogens is 270 g/mol. The zero-order valence-electron chi connectivity index (χ0n) is 12.7. The minimum absolute atomic E-state index is 0.171. The summed E-state index contributed by atoms with van der Waals surface area (Å²) in [4.78, 5) is 0. The van der Waals surface area contributed by atoms with Crippen molar-refractivity contribution < 1.29 is 4.42 Å². The number of nitrogens with one attached hydrogen (secondary N) is 1. The third kappa shape index (κ3) is 2.33. The number of dihydropyridines is 1. The first-order chi connectivity index (χ1) is 10.8. The van der Waals surface area contributed by atoms with Gasteiger partial charge in [-0.3, -0.25) is 0 Å². The molecule has 1 aromatic heterocycles. The lowest BCUT2D eigenvalue weighted by molar-refractivity contribution is 0.648. The second-order valence-corrected chi connectivity index (χ2v) is 5.21. The van der Waals surface area contributed by atoms with Crippen LogP contribution in [0.25, 0.3) is 21.9 Å². The maximum atomic E-state index is 6.08. The fourth-order valence-corrected chi connectivity index (χ4v) is 2.84. The molecule has 1 aliphatic heterocycles. The van der Waals surface area contributed by atoms with Crippen molar-refractivity contribution in [1.82, 2.24) is 5.32 Å². The molecule has 2 heteroatoms. The number of furan rings is 1. The van der Waals surface area contributed by atoms with Crippen LogP contribution in [0.1, 0.15) is 18.5 Å². The Labute approximate surface area is 130 Å². The van der Waals surface area contributed by atoms with Crippen molar-refractivity contribution in [2.24, 2.45) is 0 Å². The van der Waals surface area contributed by atoms with E-state index in [1.807, 2.05) is 18.3 Å². The molecule has 2 nitrogen and oxygen atoms in total. The Balaban J connectivity index is 0.000000693. The number of benzene rings is 2. The van der Waals surface area contributed by atoms with E-state index < -0.39 is 0 Å². The van der Waals surface area contributed by atoms with Gasteiger partial charge in [0.05, 0.1) is 6.04 Å². The van der Waals surface area contributed by atoms with Gasteiger partial charge in [-0.2, -0.15) is 0 Å². The zero-order chi connectivity index (χ0) is 15.5. The molecule has 4 rings (SSSR count). The first-order valence-corrected chi connectivity index (χ1v) is 7.34. The highest BCUT2D eigenvalue weighted by Gasteiger charge is 2.16. The summed E-state index contributed by atoms with van der Waals surface area (Å²) in [6.07, 6.45) is 6.30. The molecule has 2 aromatic carbocycles. The molecule has 0 saturated heterocycles. The highest BCUT2D eigenvalue weighted by atomic mass is 16.3. The van der Waals surface area contributed by atoms with Crippen LogP contribution in [0.15, 0.2) is 84.0 Å². The molecular formula is C20H19NO. The zero-order valence-corrected chi connectivity index (χ0v) is 12.7. The molecule has 0 aliphatic carbocycles. The number of hydrogen-bond acceptors (Lipinski definition) is 2. The van der Waals surface area contributed by atoms with Gasteiger partial charge in [0.2, 0.25) is 0 Å². The van der Waals surface area contributed by atoms with Crippen molar-refractivity contribution in [1.29, 1.82) is 0 Å². The number of rotatable bonds is 1. The molecule has 3 aromatic rings. The fourth-order valence-electron chi connectivity index (χ4n) is 2.84. The van der Waals surface area contributed by atoms with Crippen molar-refractivity contribution >= 4 is 21.9 Å². The Morgan fingerprint density at radius 1 is 1.00 bits per heavy atom. The summed E-state index contributed by atoms with van der Waals surface area (Å²) < 4.78 is 6.08. The van der Waals surface area contributed by atoms with Crippen LogP contribution in [0, 0.1) is 0 Å². The van der Waals surface area contributed by atoms with Crippen molar-refractivity contribution in [3.8, 4) is 0 Å². The third-order valence-corrected chi connectivity index (χ3v) is 3.82. The summed E-state index contributed by atoms with van der Waals surface area (Å²) in [5.41, 5.74) is 4.37. The van der Waals surface area contributed by atoms with E-state index in [4.69, 9.17) is 4.42 Å². The summed E-state index contributed by atoms with van der Waals surface area (Å²) in [5, 5.41) is 5.74. The van der Waals surface area contributed by atoms with Crippen LogP contribution >= 0.6 is 0 Å². The molecule has 1 atom stereocenters. The van der Waals surface area contributed by atoms with Crippen LogP contribution in [0.3, 0.4) is 0 Å². The monoisotopic (exact) mass is 289 g/mol. The van der Waals surface area contributed by atoms with E-state index in [1.165, 1.54) is 21.9 Å². The summed E-state index contributed by atoms with van der Waals surface area (Å²) in [6.45, 7) is 8.11. The van der Waals surface area contributed by atoms with Gasteiger partial charge in [0, 0.05) is 16.3 Å². The molecule has 0 saturated carbocycles. The predicted molar refractivity (Wildman–Crippen MR) is 93.7 cm³/mol. The number of fused-ring (bicyclic) bond motifs is 3. The molecule has 2 heterocycles. The van der Waals surface area contributed by atoms with Crippen LogP contribution in [-0.4, -0.2) is 0 Å². The lowest BCUT2D eigenvalue weighted by Gasteiger charge is -2.18. The number of para-hydroxylation sites is 2.